The SMILES string of the molecule is CCNC(=NCCCOC1CCCCC1)NCCc1cccnc1. The Kier molecular flexibility index (Phi) is 9.24. The molecule has 5 heteroatoms. The van der Waals surface area contributed by atoms with Gasteiger partial charge in [0.15, 0.2) is 5.96 Å². The topological polar surface area (TPSA) is 58.5 Å². The zero-order valence-corrected chi connectivity index (χ0v) is 15.0. The van der Waals surface area contributed by atoms with E-state index < -0.39 is 0 Å². The molecule has 0 atom stereocenters. The van der Waals surface area contributed by atoms with Crippen LogP contribution in [0.2, 0.25) is 0 Å². The molecule has 0 amide bonds. The van der Waals surface area contributed by atoms with Crippen LogP contribution in [0.3, 0.4) is 0 Å². The Morgan fingerprint density at radius 1 is 1.29 bits per heavy atom. The molecule has 1 aliphatic carbocycles. The summed E-state index contributed by atoms with van der Waals surface area (Å²) in [5.41, 5.74) is 1.24. The molecule has 24 heavy (non-hydrogen) atoms. The van der Waals surface area contributed by atoms with Crippen molar-refractivity contribution in [3.63, 3.8) is 0 Å². The second-order valence-corrected chi connectivity index (χ2v) is 6.28. The van der Waals surface area contributed by atoms with Crippen LogP contribution in [-0.2, 0) is 11.2 Å². The molecule has 1 heterocycles. The lowest BCUT2D eigenvalue weighted by Gasteiger charge is -2.21. The minimum Gasteiger partial charge on any atom is -0.378 e. The maximum atomic E-state index is 5.95. The summed E-state index contributed by atoms with van der Waals surface area (Å²) in [7, 11) is 0. The van der Waals surface area contributed by atoms with Crippen molar-refractivity contribution in [1.29, 1.82) is 0 Å². The molecule has 1 aromatic heterocycles. The van der Waals surface area contributed by atoms with Gasteiger partial charge >= 0.3 is 0 Å². The Labute approximate surface area is 146 Å². The van der Waals surface area contributed by atoms with Crippen LogP contribution in [0, 0.1) is 0 Å². The molecule has 0 saturated heterocycles. The van der Waals surface area contributed by atoms with E-state index in [1.807, 2.05) is 12.3 Å². The van der Waals surface area contributed by atoms with E-state index in [1.165, 1.54) is 37.7 Å². The van der Waals surface area contributed by atoms with Gasteiger partial charge in [-0.3, -0.25) is 9.98 Å². The molecule has 1 aliphatic rings. The van der Waals surface area contributed by atoms with Crippen LogP contribution < -0.4 is 10.6 Å². The molecule has 1 fully saturated rings. The molecule has 2 rings (SSSR count). The summed E-state index contributed by atoms with van der Waals surface area (Å²) in [5.74, 6) is 0.888. The smallest absolute Gasteiger partial charge is 0.191 e. The number of guanidine groups is 1. The first-order valence-corrected chi connectivity index (χ1v) is 9.41. The lowest BCUT2D eigenvalue weighted by molar-refractivity contribution is 0.0281. The Bertz CT molecular complexity index is 458. The minimum absolute atomic E-state index is 0.494. The van der Waals surface area contributed by atoms with Crippen LogP contribution in [0.1, 0.15) is 51.0 Å². The van der Waals surface area contributed by atoms with Crippen molar-refractivity contribution >= 4 is 5.96 Å². The second-order valence-electron chi connectivity index (χ2n) is 6.28. The van der Waals surface area contributed by atoms with Crippen molar-refractivity contribution in [2.75, 3.05) is 26.2 Å². The summed E-state index contributed by atoms with van der Waals surface area (Å²) < 4.78 is 5.95. The maximum absolute atomic E-state index is 5.95. The average Bonchev–Trinajstić information content (AvgIpc) is 2.63. The standard InChI is InChI=1S/C19H32N4O/c1-2-21-19(23-14-11-17-8-6-12-20-16-17)22-13-7-15-24-18-9-4-3-5-10-18/h6,8,12,16,18H,2-5,7,9-11,13-15H2,1H3,(H2,21,22,23). The zero-order valence-electron chi connectivity index (χ0n) is 15.0. The van der Waals surface area contributed by atoms with Gasteiger partial charge in [0.1, 0.15) is 0 Å². The van der Waals surface area contributed by atoms with E-state index in [-0.39, 0.29) is 0 Å². The third kappa shape index (κ3) is 7.77. The molecule has 0 aliphatic heterocycles. The van der Waals surface area contributed by atoms with E-state index in [0.29, 0.717) is 6.10 Å². The Balaban J connectivity index is 1.60. The fourth-order valence-electron chi connectivity index (χ4n) is 2.95. The first kappa shape index (κ1) is 18.7. The van der Waals surface area contributed by atoms with Crippen LogP contribution in [0.5, 0.6) is 0 Å². The van der Waals surface area contributed by atoms with Crippen molar-refractivity contribution in [1.82, 2.24) is 15.6 Å². The molecule has 134 valence electrons. The van der Waals surface area contributed by atoms with Gasteiger partial charge in [-0.15, -0.1) is 0 Å². The highest BCUT2D eigenvalue weighted by molar-refractivity contribution is 5.79. The van der Waals surface area contributed by atoms with Gasteiger partial charge in [0.25, 0.3) is 0 Å². The first-order chi connectivity index (χ1) is 11.9. The summed E-state index contributed by atoms with van der Waals surface area (Å²) >= 11 is 0. The molecule has 0 bridgehead atoms. The Morgan fingerprint density at radius 2 is 2.17 bits per heavy atom. The highest BCUT2D eigenvalue weighted by atomic mass is 16.5. The molecular weight excluding hydrogens is 300 g/mol. The van der Waals surface area contributed by atoms with Crippen LogP contribution >= 0.6 is 0 Å². The van der Waals surface area contributed by atoms with Crippen LogP contribution in [0.4, 0.5) is 0 Å². The van der Waals surface area contributed by atoms with E-state index >= 15 is 0 Å². The summed E-state index contributed by atoms with van der Waals surface area (Å²) in [6, 6.07) is 4.07. The van der Waals surface area contributed by atoms with Crippen molar-refractivity contribution in [3.8, 4) is 0 Å². The van der Waals surface area contributed by atoms with E-state index in [2.05, 4.69) is 33.6 Å². The van der Waals surface area contributed by atoms with Gasteiger partial charge in [-0.25, -0.2) is 0 Å². The van der Waals surface area contributed by atoms with Crippen molar-refractivity contribution in [2.45, 2.75) is 58.0 Å². The molecule has 1 saturated carbocycles. The number of aliphatic imine (C=N–C) groups is 1. The van der Waals surface area contributed by atoms with E-state index in [1.54, 1.807) is 6.20 Å². The second kappa shape index (κ2) is 11.8. The number of nitrogens with zero attached hydrogens (tertiary/aromatic N) is 2. The third-order valence-electron chi connectivity index (χ3n) is 4.25. The summed E-state index contributed by atoms with van der Waals surface area (Å²) in [5, 5.41) is 6.67. The van der Waals surface area contributed by atoms with Crippen molar-refractivity contribution in [3.05, 3.63) is 30.1 Å². The number of hydrogen-bond donors (Lipinski definition) is 2. The highest BCUT2D eigenvalue weighted by Crippen LogP contribution is 2.20. The maximum Gasteiger partial charge on any atom is 0.191 e. The van der Waals surface area contributed by atoms with Gasteiger partial charge < -0.3 is 15.4 Å². The van der Waals surface area contributed by atoms with E-state index in [9.17, 15) is 0 Å². The zero-order chi connectivity index (χ0) is 16.9. The fourth-order valence-corrected chi connectivity index (χ4v) is 2.95. The van der Waals surface area contributed by atoms with Gasteiger partial charge in [-0.1, -0.05) is 25.3 Å². The fraction of sp³-hybridized carbons (Fsp3) is 0.684. The Hall–Kier alpha value is -1.62. The molecule has 1 aromatic rings. The Morgan fingerprint density at radius 3 is 2.92 bits per heavy atom. The molecular formula is C19H32N4O. The predicted molar refractivity (Wildman–Crippen MR) is 99.4 cm³/mol. The minimum atomic E-state index is 0.494. The normalized spacial score (nSPS) is 16.1. The molecule has 0 unspecified atom stereocenters. The lowest BCUT2D eigenvalue weighted by atomic mass is 9.98. The molecule has 5 nitrogen and oxygen atoms in total. The van der Waals surface area contributed by atoms with Gasteiger partial charge in [0, 0.05) is 38.6 Å². The number of hydrogen-bond acceptors (Lipinski definition) is 3. The van der Waals surface area contributed by atoms with Gasteiger partial charge in [0.2, 0.25) is 0 Å². The third-order valence-corrected chi connectivity index (χ3v) is 4.25. The van der Waals surface area contributed by atoms with Crippen LogP contribution in [-0.4, -0.2) is 43.3 Å². The summed E-state index contributed by atoms with van der Waals surface area (Å²) in [6.45, 7) is 5.44. The monoisotopic (exact) mass is 332 g/mol. The van der Waals surface area contributed by atoms with E-state index in [0.717, 1.165) is 45.0 Å². The largest absolute Gasteiger partial charge is 0.378 e. The summed E-state index contributed by atoms with van der Waals surface area (Å²) in [6.07, 6.45) is 12.6. The van der Waals surface area contributed by atoms with E-state index in [4.69, 9.17) is 4.74 Å². The number of pyridine rings is 1. The molecule has 0 radical (unpaired) electrons. The predicted octanol–water partition coefficient (Wildman–Crippen LogP) is 2.92. The molecule has 0 aromatic carbocycles. The van der Waals surface area contributed by atoms with Crippen molar-refractivity contribution < 1.29 is 4.74 Å². The number of aromatic nitrogens is 1. The van der Waals surface area contributed by atoms with Gasteiger partial charge in [0.05, 0.1) is 6.10 Å². The number of ether oxygens (including phenoxy) is 1. The number of rotatable bonds is 9. The molecule has 2 N–H and O–H groups in total. The summed E-state index contributed by atoms with van der Waals surface area (Å²) in [4.78, 5) is 8.77. The quantitative estimate of drug-likeness (QED) is 0.415. The van der Waals surface area contributed by atoms with Gasteiger partial charge in [-0.2, -0.15) is 0 Å². The van der Waals surface area contributed by atoms with Gasteiger partial charge in [-0.05, 0) is 44.2 Å². The lowest BCUT2D eigenvalue weighted by Crippen LogP contribution is -2.38. The van der Waals surface area contributed by atoms with Crippen molar-refractivity contribution in [2.24, 2.45) is 4.99 Å². The van der Waals surface area contributed by atoms with Crippen LogP contribution in [0.25, 0.3) is 0 Å². The highest BCUT2D eigenvalue weighted by Gasteiger charge is 2.12. The average molecular weight is 332 g/mol. The number of nitrogens with one attached hydrogen (secondary N) is 2. The molecule has 0 spiro atoms. The van der Waals surface area contributed by atoms with Crippen LogP contribution in [0.15, 0.2) is 29.5 Å². The first-order valence-electron chi connectivity index (χ1n) is 9.41.